The van der Waals surface area contributed by atoms with Gasteiger partial charge in [-0.1, -0.05) is 18.5 Å². The van der Waals surface area contributed by atoms with Gasteiger partial charge in [0, 0.05) is 14.1 Å². The van der Waals surface area contributed by atoms with Gasteiger partial charge < -0.3 is 9.47 Å². The molecule has 0 unspecified atom stereocenters. The van der Waals surface area contributed by atoms with Crippen LogP contribution < -0.4 is 9.47 Å². The van der Waals surface area contributed by atoms with Crippen LogP contribution in [0.3, 0.4) is 0 Å². The highest BCUT2D eigenvalue weighted by atomic mass is 35.5. The van der Waals surface area contributed by atoms with Gasteiger partial charge in [0.25, 0.3) is 0 Å². The second kappa shape index (κ2) is 8.53. The summed E-state index contributed by atoms with van der Waals surface area (Å²) in [5, 5.41) is 0.107. The van der Waals surface area contributed by atoms with Crippen molar-refractivity contribution in [3.63, 3.8) is 0 Å². The molecule has 0 aliphatic rings. The molecule has 0 radical (unpaired) electrons. The van der Waals surface area contributed by atoms with Gasteiger partial charge >= 0.3 is 5.97 Å². The Labute approximate surface area is 158 Å². The SMILES string of the molecule is CCCOc1ccc(OC(=O)c2cc(S(=O)(=O)N(C)C)ccc2Cl)cc1. The van der Waals surface area contributed by atoms with Crippen LogP contribution in [0.4, 0.5) is 0 Å². The number of hydrogen-bond donors (Lipinski definition) is 0. The molecular formula is C18H20ClNO5S. The Balaban J connectivity index is 2.21. The number of carbonyl (C=O) groups excluding carboxylic acids is 1. The van der Waals surface area contributed by atoms with Crippen molar-refractivity contribution in [3.8, 4) is 11.5 Å². The maximum absolute atomic E-state index is 12.4. The van der Waals surface area contributed by atoms with Crippen LogP contribution in [0.2, 0.25) is 5.02 Å². The maximum atomic E-state index is 12.4. The van der Waals surface area contributed by atoms with E-state index in [9.17, 15) is 13.2 Å². The first-order valence-electron chi connectivity index (χ1n) is 7.93. The normalized spacial score (nSPS) is 11.4. The van der Waals surface area contributed by atoms with Crippen molar-refractivity contribution in [2.45, 2.75) is 18.2 Å². The number of benzene rings is 2. The number of rotatable bonds is 7. The number of sulfonamides is 1. The maximum Gasteiger partial charge on any atom is 0.345 e. The van der Waals surface area contributed by atoms with E-state index in [-0.39, 0.29) is 15.5 Å². The highest BCUT2D eigenvalue weighted by Gasteiger charge is 2.21. The van der Waals surface area contributed by atoms with Crippen LogP contribution in [0, 0.1) is 0 Å². The van der Waals surface area contributed by atoms with E-state index in [0.29, 0.717) is 18.1 Å². The van der Waals surface area contributed by atoms with E-state index >= 15 is 0 Å². The molecule has 2 rings (SSSR count). The molecule has 0 saturated heterocycles. The topological polar surface area (TPSA) is 72.9 Å². The highest BCUT2D eigenvalue weighted by Crippen LogP contribution is 2.24. The summed E-state index contributed by atoms with van der Waals surface area (Å²) in [6, 6.07) is 10.5. The van der Waals surface area contributed by atoms with Crippen molar-refractivity contribution in [1.29, 1.82) is 0 Å². The zero-order chi connectivity index (χ0) is 19.3. The molecule has 2 aromatic carbocycles. The van der Waals surface area contributed by atoms with Gasteiger partial charge in [0.15, 0.2) is 0 Å². The summed E-state index contributed by atoms with van der Waals surface area (Å²) in [6.07, 6.45) is 0.890. The van der Waals surface area contributed by atoms with E-state index in [2.05, 4.69) is 0 Å². The lowest BCUT2D eigenvalue weighted by atomic mass is 10.2. The fourth-order valence-electron chi connectivity index (χ4n) is 2.02. The largest absolute Gasteiger partial charge is 0.494 e. The summed E-state index contributed by atoms with van der Waals surface area (Å²) < 4.78 is 36.2. The smallest absolute Gasteiger partial charge is 0.345 e. The molecule has 0 aliphatic heterocycles. The van der Waals surface area contributed by atoms with E-state index in [1.165, 1.54) is 32.3 Å². The molecule has 6 nitrogen and oxygen atoms in total. The fraction of sp³-hybridized carbons (Fsp3) is 0.278. The number of carbonyl (C=O) groups is 1. The van der Waals surface area contributed by atoms with Crippen molar-refractivity contribution in [3.05, 3.63) is 53.1 Å². The van der Waals surface area contributed by atoms with Gasteiger partial charge in [-0.25, -0.2) is 17.5 Å². The van der Waals surface area contributed by atoms with Gasteiger partial charge in [-0.15, -0.1) is 0 Å². The Morgan fingerprint density at radius 2 is 1.69 bits per heavy atom. The van der Waals surface area contributed by atoms with Crippen molar-refractivity contribution in [1.82, 2.24) is 4.31 Å². The minimum Gasteiger partial charge on any atom is -0.494 e. The summed E-state index contributed by atoms with van der Waals surface area (Å²) in [4.78, 5) is 12.4. The van der Waals surface area contributed by atoms with Gasteiger partial charge in [0.2, 0.25) is 10.0 Å². The number of nitrogens with zero attached hydrogens (tertiary/aromatic N) is 1. The molecule has 0 aliphatic carbocycles. The third kappa shape index (κ3) is 4.75. The standard InChI is InChI=1S/C18H20ClNO5S/c1-4-11-24-13-5-7-14(8-6-13)25-18(21)16-12-15(9-10-17(16)19)26(22,23)20(2)3/h5-10,12H,4,11H2,1-3H3. The first-order valence-corrected chi connectivity index (χ1v) is 9.74. The molecule has 8 heteroatoms. The first-order chi connectivity index (χ1) is 12.3. The van der Waals surface area contributed by atoms with Crippen LogP contribution in [-0.4, -0.2) is 39.4 Å². The monoisotopic (exact) mass is 397 g/mol. The van der Waals surface area contributed by atoms with Crippen LogP contribution in [0.1, 0.15) is 23.7 Å². The lowest BCUT2D eigenvalue weighted by Gasteiger charge is -2.13. The van der Waals surface area contributed by atoms with Crippen LogP contribution in [-0.2, 0) is 10.0 Å². The highest BCUT2D eigenvalue weighted by molar-refractivity contribution is 7.89. The van der Waals surface area contributed by atoms with Crippen molar-refractivity contribution in [2.75, 3.05) is 20.7 Å². The number of ether oxygens (including phenoxy) is 2. The van der Waals surface area contributed by atoms with Crippen molar-refractivity contribution < 1.29 is 22.7 Å². The average molecular weight is 398 g/mol. The Morgan fingerprint density at radius 1 is 1.08 bits per heavy atom. The quantitative estimate of drug-likeness (QED) is 0.527. The first kappa shape index (κ1) is 20.2. The molecule has 0 N–H and O–H groups in total. The Morgan fingerprint density at radius 3 is 2.27 bits per heavy atom. The molecule has 0 atom stereocenters. The summed E-state index contributed by atoms with van der Waals surface area (Å²) in [7, 11) is -0.873. The fourth-order valence-corrected chi connectivity index (χ4v) is 3.14. The molecule has 0 fully saturated rings. The predicted molar refractivity (Wildman–Crippen MR) is 99.5 cm³/mol. The molecule has 0 spiro atoms. The minimum absolute atomic E-state index is 0.0269. The molecule has 0 amide bonds. The Kier molecular flexibility index (Phi) is 6.63. The molecule has 0 bridgehead atoms. The minimum atomic E-state index is -3.69. The zero-order valence-electron chi connectivity index (χ0n) is 14.7. The van der Waals surface area contributed by atoms with E-state index in [1.807, 2.05) is 6.92 Å². The molecule has 26 heavy (non-hydrogen) atoms. The van der Waals surface area contributed by atoms with E-state index < -0.39 is 16.0 Å². The lowest BCUT2D eigenvalue weighted by Crippen LogP contribution is -2.22. The van der Waals surface area contributed by atoms with Crippen LogP contribution in [0.5, 0.6) is 11.5 Å². The van der Waals surface area contributed by atoms with Crippen LogP contribution in [0.25, 0.3) is 0 Å². The van der Waals surface area contributed by atoms with Crippen LogP contribution >= 0.6 is 11.6 Å². The van der Waals surface area contributed by atoms with E-state index in [0.717, 1.165) is 10.7 Å². The second-order valence-corrected chi connectivity index (χ2v) is 8.20. The molecule has 0 heterocycles. The van der Waals surface area contributed by atoms with E-state index in [4.69, 9.17) is 21.1 Å². The third-order valence-corrected chi connectivity index (χ3v) is 5.58. The van der Waals surface area contributed by atoms with E-state index in [1.54, 1.807) is 24.3 Å². The average Bonchev–Trinajstić information content (AvgIpc) is 2.61. The zero-order valence-corrected chi connectivity index (χ0v) is 16.3. The summed E-state index contributed by atoms with van der Waals surface area (Å²) >= 11 is 6.04. The molecular weight excluding hydrogens is 378 g/mol. The lowest BCUT2D eigenvalue weighted by molar-refractivity contribution is 0.0734. The Hall–Kier alpha value is -2.09. The Bertz CT molecular complexity index is 879. The summed E-state index contributed by atoms with van der Waals surface area (Å²) in [6.45, 7) is 2.60. The van der Waals surface area contributed by atoms with Gasteiger partial charge in [-0.3, -0.25) is 0 Å². The van der Waals surface area contributed by atoms with Gasteiger partial charge in [0.1, 0.15) is 11.5 Å². The molecule has 2 aromatic rings. The van der Waals surface area contributed by atoms with Crippen molar-refractivity contribution >= 4 is 27.6 Å². The number of halogens is 1. The van der Waals surface area contributed by atoms with Crippen molar-refractivity contribution in [2.24, 2.45) is 0 Å². The molecule has 0 aromatic heterocycles. The van der Waals surface area contributed by atoms with Crippen LogP contribution in [0.15, 0.2) is 47.4 Å². The molecule has 140 valence electrons. The van der Waals surface area contributed by atoms with Gasteiger partial charge in [-0.05, 0) is 48.9 Å². The summed E-state index contributed by atoms with van der Waals surface area (Å²) in [5.41, 5.74) is -0.0269. The van der Waals surface area contributed by atoms with Gasteiger partial charge in [0.05, 0.1) is 22.1 Å². The number of hydrogen-bond acceptors (Lipinski definition) is 5. The predicted octanol–water partition coefficient (Wildman–Crippen LogP) is 3.60. The molecule has 0 saturated carbocycles. The summed E-state index contributed by atoms with van der Waals surface area (Å²) in [5.74, 6) is 0.229. The second-order valence-electron chi connectivity index (χ2n) is 5.64. The third-order valence-electron chi connectivity index (χ3n) is 3.44. The van der Waals surface area contributed by atoms with Gasteiger partial charge in [-0.2, -0.15) is 0 Å². The number of esters is 1.